The van der Waals surface area contributed by atoms with Crippen molar-refractivity contribution in [1.82, 2.24) is 9.88 Å². The van der Waals surface area contributed by atoms with Crippen LogP contribution in [-0.4, -0.2) is 40.8 Å². The van der Waals surface area contributed by atoms with E-state index < -0.39 is 5.91 Å². The van der Waals surface area contributed by atoms with Crippen LogP contribution in [0, 0.1) is 11.5 Å². The molecule has 0 aliphatic carbocycles. The molecule has 2 heterocycles. The van der Waals surface area contributed by atoms with E-state index in [1.165, 1.54) is 0 Å². The molecule has 3 N–H and O–H groups in total. The number of aromatic nitrogens is 1. The summed E-state index contributed by atoms with van der Waals surface area (Å²) in [5.41, 5.74) is 5.36. The number of likely N-dealkylation sites (tertiary alicyclic amines) is 1. The largest absolute Gasteiger partial charge is 0.367 e. The third kappa shape index (κ3) is 5.23. The monoisotopic (exact) mass is 317 g/mol. The minimum absolute atomic E-state index is 0.0157. The molecular formula is C17H25N4O2. The molecule has 2 rings (SSSR count). The van der Waals surface area contributed by atoms with Crippen molar-refractivity contribution in [1.29, 1.82) is 0 Å². The Hall–Kier alpha value is -2.11. The summed E-state index contributed by atoms with van der Waals surface area (Å²) in [6.45, 7) is 7.72. The molecule has 0 spiro atoms. The molecule has 0 saturated carbocycles. The number of carbonyl (C=O) groups is 2. The maximum Gasteiger partial charge on any atom is 0.268 e. The number of anilines is 1. The van der Waals surface area contributed by atoms with Gasteiger partial charge in [-0.15, -0.1) is 0 Å². The van der Waals surface area contributed by atoms with E-state index in [2.05, 4.69) is 37.1 Å². The van der Waals surface area contributed by atoms with Crippen molar-refractivity contribution in [2.45, 2.75) is 46.1 Å². The SMILES string of the molecule is CC(C)(C)CC(=O)N1CCC(Nc2cc[c]c(C(N)=O)n2)CC1. The Kier molecular flexibility index (Phi) is 5.23. The quantitative estimate of drug-likeness (QED) is 0.886. The van der Waals surface area contributed by atoms with E-state index in [1.54, 1.807) is 12.1 Å². The van der Waals surface area contributed by atoms with Crippen molar-refractivity contribution in [2.75, 3.05) is 18.4 Å². The zero-order chi connectivity index (χ0) is 17.0. The average molecular weight is 317 g/mol. The number of amides is 2. The van der Waals surface area contributed by atoms with Gasteiger partial charge in [-0.2, -0.15) is 0 Å². The molecule has 0 unspecified atom stereocenters. The minimum Gasteiger partial charge on any atom is -0.367 e. The second kappa shape index (κ2) is 6.98. The van der Waals surface area contributed by atoms with Crippen molar-refractivity contribution in [2.24, 2.45) is 11.1 Å². The van der Waals surface area contributed by atoms with Crippen LogP contribution in [0.15, 0.2) is 12.1 Å². The summed E-state index contributed by atoms with van der Waals surface area (Å²) < 4.78 is 0. The molecular weight excluding hydrogens is 292 g/mol. The van der Waals surface area contributed by atoms with Crippen molar-refractivity contribution in [3.8, 4) is 0 Å². The number of nitrogens with one attached hydrogen (secondary N) is 1. The molecule has 1 fully saturated rings. The van der Waals surface area contributed by atoms with Gasteiger partial charge < -0.3 is 16.0 Å². The topological polar surface area (TPSA) is 88.3 Å². The lowest BCUT2D eigenvalue weighted by Crippen LogP contribution is -2.43. The first-order chi connectivity index (χ1) is 10.7. The number of carbonyl (C=O) groups excluding carboxylic acids is 2. The predicted molar refractivity (Wildman–Crippen MR) is 88.9 cm³/mol. The molecule has 6 nitrogen and oxygen atoms in total. The van der Waals surface area contributed by atoms with Crippen LogP contribution in [0.3, 0.4) is 0 Å². The second-order valence-corrected chi connectivity index (χ2v) is 7.22. The number of piperidine rings is 1. The first-order valence-electron chi connectivity index (χ1n) is 7.97. The smallest absolute Gasteiger partial charge is 0.268 e. The summed E-state index contributed by atoms with van der Waals surface area (Å²) in [5.74, 6) is 0.257. The summed E-state index contributed by atoms with van der Waals surface area (Å²) in [4.78, 5) is 29.5. The first kappa shape index (κ1) is 17.2. The zero-order valence-electron chi connectivity index (χ0n) is 14.1. The van der Waals surface area contributed by atoms with Crippen LogP contribution in [0.5, 0.6) is 0 Å². The Morgan fingerprint density at radius 2 is 2.04 bits per heavy atom. The highest BCUT2D eigenvalue weighted by atomic mass is 16.2. The van der Waals surface area contributed by atoms with Gasteiger partial charge in [-0.05, 0) is 30.4 Å². The van der Waals surface area contributed by atoms with E-state index in [0.29, 0.717) is 12.2 Å². The van der Waals surface area contributed by atoms with Gasteiger partial charge in [0.1, 0.15) is 11.5 Å². The number of hydrogen-bond acceptors (Lipinski definition) is 4. The minimum atomic E-state index is -0.587. The summed E-state index contributed by atoms with van der Waals surface area (Å²) in [6, 6.07) is 6.35. The van der Waals surface area contributed by atoms with E-state index in [4.69, 9.17) is 5.73 Å². The van der Waals surface area contributed by atoms with E-state index >= 15 is 0 Å². The van der Waals surface area contributed by atoms with Gasteiger partial charge in [0.2, 0.25) is 5.91 Å². The highest BCUT2D eigenvalue weighted by molar-refractivity contribution is 5.90. The van der Waals surface area contributed by atoms with Crippen LogP contribution in [0.2, 0.25) is 0 Å². The standard InChI is InChI=1S/C17H25N4O2/c1-17(2,3)11-15(22)21-9-7-12(8-10-21)19-14-6-4-5-13(20-14)16(18)23/h4,6,12H,7-11H2,1-3H3,(H2,18,23)(H,19,20). The van der Waals surface area contributed by atoms with Crippen LogP contribution in [0.25, 0.3) is 0 Å². The van der Waals surface area contributed by atoms with Crippen molar-refractivity contribution in [3.05, 3.63) is 23.9 Å². The van der Waals surface area contributed by atoms with Gasteiger partial charge >= 0.3 is 0 Å². The fourth-order valence-corrected chi connectivity index (χ4v) is 2.64. The third-order valence-electron chi connectivity index (χ3n) is 3.81. The molecule has 1 aliphatic heterocycles. The molecule has 0 aromatic carbocycles. The lowest BCUT2D eigenvalue weighted by atomic mass is 9.91. The molecule has 0 atom stereocenters. The van der Waals surface area contributed by atoms with Crippen molar-refractivity contribution >= 4 is 17.6 Å². The molecule has 125 valence electrons. The number of nitrogens with two attached hydrogens (primary N) is 1. The van der Waals surface area contributed by atoms with Crippen molar-refractivity contribution in [3.63, 3.8) is 0 Å². The molecule has 1 saturated heterocycles. The molecule has 6 heteroatoms. The lowest BCUT2D eigenvalue weighted by molar-refractivity contribution is -0.134. The Morgan fingerprint density at radius 3 is 2.61 bits per heavy atom. The van der Waals surface area contributed by atoms with Crippen LogP contribution in [-0.2, 0) is 4.79 Å². The summed E-state index contributed by atoms with van der Waals surface area (Å²) >= 11 is 0. The lowest BCUT2D eigenvalue weighted by Gasteiger charge is -2.34. The highest BCUT2D eigenvalue weighted by Gasteiger charge is 2.26. The Balaban J connectivity index is 1.86. The van der Waals surface area contributed by atoms with Crippen LogP contribution in [0.4, 0.5) is 5.82 Å². The van der Waals surface area contributed by atoms with Crippen LogP contribution in [0.1, 0.15) is 50.5 Å². The van der Waals surface area contributed by atoms with Gasteiger partial charge in [0.05, 0.1) is 0 Å². The molecule has 1 aromatic rings. The maximum absolute atomic E-state index is 12.2. The molecule has 1 aliphatic rings. The third-order valence-corrected chi connectivity index (χ3v) is 3.81. The Morgan fingerprint density at radius 1 is 1.39 bits per heavy atom. The number of pyridine rings is 1. The van der Waals surface area contributed by atoms with Crippen LogP contribution < -0.4 is 11.1 Å². The van der Waals surface area contributed by atoms with Gasteiger partial charge in [0, 0.05) is 31.6 Å². The van der Waals surface area contributed by atoms with Gasteiger partial charge in [0.25, 0.3) is 5.91 Å². The van der Waals surface area contributed by atoms with Gasteiger partial charge in [-0.3, -0.25) is 9.59 Å². The fourth-order valence-electron chi connectivity index (χ4n) is 2.64. The van der Waals surface area contributed by atoms with E-state index in [-0.39, 0.29) is 23.1 Å². The summed E-state index contributed by atoms with van der Waals surface area (Å²) in [6.07, 6.45) is 2.30. The van der Waals surface area contributed by atoms with Gasteiger partial charge in [-0.25, -0.2) is 4.98 Å². The fraction of sp³-hybridized carbons (Fsp3) is 0.588. The summed E-state index contributed by atoms with van der Waals surface area (Å²) in [5, 5.41) is 3.31. The molecule has 23 heavy (non-hydrogen) atoms. The van der Waals surface area contributed by atoms with Crippen LogP contribution >= 0.6 is 0 Å². The number of nitrogens with zero attached hydrogens (tertiary/aromatic N) is 2. The molecule has 1 aromatic heterocycles. The molecule has 1 radical (unpaired) electrons. The second-order valence-electron chi connectivity index (χ2n) is 7.22. The Bertz CT molecular complexity index is 572. The van der Waals surface area contributed by atoms with E-state index in [9.17, 15) is 9.59 Å². The maximum atomic E-state index is 12.2. The van der Waals surface area contributed by atoms with Gasteiger partial charge in [0.15, 0.2) is 0 Å². The van der Waals surface area contributed by atoms with E-state index in [1.807, 2.05) is 4.90 Å². The zero-order valence-corrected chi connectivity index (χ0v) is 14.1. The normalized spacial score (nSPS) is 16.2. The average Bonchev–Trinajstić information content (AvgIpc) is 2.46. The Labute approximate surface area is 137 Å². The predicted octanol–water partition coefficient (Wildman–Crippen LogP) is 1.82. The van der Waals surface area contributed by atoms with Gasteiger partial charge in [-0.1, -0.05) is 20.8 Å². The summed E-state index contributed by atoms with van der Waals surface area (Å²) in [7, 11) is 0. The van der Waals surface area contributed by atoms with Crippen molar-refractivity contribution < 1.29 is 9.59 Å². The molecule has 2 amide bonds. The number of primary amides is 1. The number of hydrogen-bond donors (Lipinski definition) is 2. The highest BCUT2D eigenvalue weighted by Crippen LogP contribution is 2.22. The number of rotatable bonds is 4. The van der Waals surface area contributed by atoms with E-state index in [0.717, 1.165) is 25.9 Å². The molecule has 0 bridgehead atoms. The first-order valence-corrected chi connectivity index (χ1v) is 7.97.